The molecule has 1 saturated heterocycles. The highest BCUT2D eigenvalue weighted by molar-refractivity contribution is 8.05. The molecule has 1 aliphatic heterocycles. The summed E-state index contributed by atoms with van der Waals surface area (Å²) >= 11 is 1.16. The SMILES string of the molecule is COc1ccc(C[C@@H]2S/C(=C(/C#N)C(N)=O)N(c3cccc(OC)c3)C2=O)cc1. The molecule has 0 spiro atoms. The van der Waals surface area contributed by atoms with Gasteiger partial charge in [-0.2, -0.15) is 5.26 Å². The van der Waals surface area contributed by atoms with Crippen LogP contribution in [0.4, 0.5) is 5.69 Å². The third kappa shape index (κ3) is 4.20. The largest absolute Gasteiger partial charge is 0.497 e. The molecule has 2 aromatic carbocycles. The van der Waals surface area contributed by atoms with Crippen LogP contribution in [-0.2, 0) is 16.0 Å². The van der Waals surface area contributed by atoms with E-state index in [9.17, 15) is 14.9 Å². The second kappa shape index (κ2) is 8.71. The Morgan fingerprint density at radius 3 is 2.45 bits per heavy atom. The summed E-state index contributed by atoms with van der Waals surface area (Å²) < 4.78 is 10.4. The maximum absolute atomic E-state index is 13.2. The Kier molecular flexibility index (Phi) is 6.10. The summed E-state index contributed by atoms with van der Waals surface area (Å²) in [6, 6.07) is 16.1. The number of benzene rings is 2. The Balaban J connectivity index is 2.00. The van der Waals surface area contributed by atoms with Gasteiger partial charge < -0.3 is 15.2 Å². The lowest BCUT2D eigenvalue weighted by atomic mass is 10.1. The fourth-order valence-corrected chi connectivity index (χ4v) is 4.28. The summed E-state index contributed by atoms with van der Waals surface area (Å²) in [5.41, 5.74) is 6.58. The van der Waals surface area contributed by atoms with Gasteiger partial charge in [-0.15, -0.1) is 0 Å². The van der Waals surface area contributed by atoms with Crippen LogP contribution in [0.5, 0.6) is 11.5 Å². The number of rotatable bonds is 6. The second-order valence-electron chi connectivity index (χ2n) is 6.19. The van der Waals surface area contributed by atoms with Crippen LogP contribution in [0, 0.1) is 11.3 Å². The molecule has 2 amide bonds. The summed E-state index contributed by atoms with van der Waals surface area (Å²) in [5, 5.41) is 9.17. The lowest BCUT2D eigenvalue weighted by molar-refractivity contribution is -0.117. The number of hydrogen-bond acceptors (Lipinski definition) is 6. The van der Waals surface area contributed by atoms with E-state index >= 15 is 0 Å². The van der Waals surface area contributed by atoms with Crippen molar-refractivity contribution >= 4 is 29.3 Å². The average molecular weight is 409 g/mol. The molecule has 7 nitrogen and oxygen atoms in total. The van der Waals surface area contributed by atoms with E-state index in [4.69, 9.17) is 15.2 Å². The van der Waals surface area contributed by atoms with Crippen LogP contribution < -0.4 is 20.1 Å². The third-order valence-corrected chi connectivity index (χ3v) is 5.68. The average Bonchev–Trinajstić information content (AvgIpc) is 3.04. The normalized spacial score (nSPS) is 17.6. The Morgan fingerprint density at radius 2 is 1.86 bits per heavy atom. The van der Waals surface area contributed by atoms with E-state index in [1.807, 2.05) is 30.3 Å². The van der Waals surface area contributed by atoms with Crippen LogP contribution in [0.3, 0.4) is 0 Å². The second-order valence-corrected chi connectivity index (χ2v) is 7.38. The summed E-state index contributed by atoms with van der Waals surface area (Å²) in [6.07, 6.45) is 0.426. The first-order chi connectivity index (χ1) is 14.0. The van der Waals surface area contributed by atoms with E-state index in [2.05, 4.69) is 0 Å². The Bertz CT molecular complexity index is 1010. The van der Waals surface area contributed by atoms with E-state index in [1.165, 1.54) is 12.0 Å². The van der Waals surface area contributed by atoms with E-state index in [-0.39, 0.29) is 16.5 Å². The lowest BCUT2D eigenvalue weighted by Crippen LogP contribution is -2.31. The molecular weight excluding hydrogens is 390 g/mol. The zero-order chi connectivity index (χ0) is 21.0. The van der Waals surface area contributed by atoms with Gasteiger partial charge in [-0.25, -0.2) is 0 Å². The highest BCUT2D eigenvalue weighted by atomic mass is 32.2. The molecule has 2 N–H and O–H groups in total. The molecule has 0 bridgehead atoms. The fourth-order valence-electron chi connectivity index (χ4n) is 2.96. The molecule has 1 heterocycles. The number of primary amides is 1. The van der Waals surface area contributed by atoms with Crippen LogP contribution in [0.2, 0.25) is 0 Å². The molecule has 0 radical (unpaired) electrons. The van der Waals surface area contributed by atoms with E-state index < -0.39 is 11.2 Å². The summed E-state index contributed by atoms with van der Waals surface area (Å²) in [7, 11) is 3.11. The number of nitriles is 1. The Morgan fingerprint density at radius 1 is 1.17 bits per heavy atom. The number of ether oxygens (including phenoxy) is 2. The molecule has 1 aliphatic rings. The van der Waals surface area contributed by atoms with Gasteiger partial charge in [0.2, 0.25) is 5.91 Å². The number of thioether (sulfide) groups is 1. The molecule has 0 unspecified atom stereocenters. The van der Waals surface area contributed by atoms with E-state index in [0.29, 0.717) is 17.9 Å². The predicted molar refractivity (Wildman–Crippen MR) is 110 cm³/mol. The highest BCUT2D eigenvalue weighted by Crippen LogP contribution is 2.42. The minimum Gasteiger partial charge on any atom is -0.497 e. The molecule has 1 fully saturated rings. The van der Waals surface area contributed by atoms with Crippen LogP contribution in [0.1, 0.15) is 5.56 Å². The Hall–Kier alpha value is -3.44. The number of amides is 2. The van der Waals surface area contributed by atoms with Gasteiger partial charge in [-0.05, 0) is 36.2 Å². The van der Waals surface area contributed by atoms with E-state index in [0.717, 1.165) is 23.1 Å². The van der Waals surface area contributed by atoms with Crippen LogP contribution in [0.15, 0.2) is 59.1 Å². The van der Waals surface area contributed by atoms with Crippen molar-refractivity contribution in [2.75, 3.05) is 19.1 Å². The van der Waals surface area contributed by atoms with E-state index in [1.54, 1.807) is 31.4 Å². The number of methoxy groups -OCH3 is 2. The van der Waals surface area contributed by atoms with Crippen molar-refractivity contribution in [2.45, 2.75) is 11.7 Å². The Labute approximate surface area is 172 Å². The fraction of sp³-hybridized carbons (Fsp3) is 0.190. The third-order valence-electron chi connectivity index (χ3n) is 4.42. The molecule has 3 rings (SSSR count). The number of anilines is 1. The molecule has 1 atom stereocenters. The molecule has 2 aromatic rings. The summed E-state index contributed by atoms with van der Waals surface area (Å²) in [6.45, 7) is 0. The van der Waals surface area contributed by atoms with Crippen molar-refractivity contribution in [1.82, 2.24) is 0 Å². The van der Waals surface area contributed by atoms with Crippen LogP contribution >= 0.6 is 11.8 Å². The highest BCUT2D eigenvalue weighted by Gasteiger charge is 2.40. The lowest BCUT2D eigenvalue weighted by Gasteiger charge is -2.18. The van der Waals surface area contributed by atoms with Gasteiger partial charge in [0.15, 0.2) is 0 Å². The minimum atomic E-state index is -0.874. The molecule has 148 valence electrons. The van der Waals surface area contributed by atoms with Crippen LogP contribution in [0.25, 0.3) is 0 Å². The van der Waals surface area contributed by atoms with Gasteiger partial charge >= 0.3 is 0 Å². The first kappa shape index (κ1) is 20.3. The zero-order valence-electron chi connectivity index (χ0n) is 15.9. The van der Waals surface area contributed by atoms with Gasteiger partial charge in [-0.3, -0.25) is 14.5 Å². The quantitative estimate of drug-likeness (QED) is 0.581. The topological polar surface area (TPSA) is 106 Å². The first-order valence-electron chi connectivity index (χ1n) is 8.70. The summed E-state index contributed by atoms with van der Waals surface area (Å²) in [5.74, 6) is 0.165. The van der Waals surface area contributed by atoms with Gasteiger partial charge in [-0.1, -0.05) is 30.0 Å². The molecule has 0 aliphatic carbocycles. The number of carbonyl (C=O) groups is 2. The number of carbonyl (C=O) groups excluding carboxylic acids is 2. The molecular formula is C21H19N3O4S. The van der Waals surface area contributed by atoms with Crippen molar-refractivity contribution in [3.63, 3.8) is 0 Å². The molecule has 29 heavy (non-hydrogen) atoms. The molecule has 0 saturated carbocycles. The molecule has 0 aromatic heterocycles. The van der Waals surface area contributed by atoms with Gasteiger partial charge in [0.1, 0.15) is 28.2 Å². The zero-order valence-corrected chi connectivity index (χ0v) is 16.7. The maximum atomic E-state index is 13.2. The van der Waals surface area contributed by atoms with Crippen molar-refractivity contribution in [3.05, 3.63) is 64.7 Å². The number of nitrogens with zero attached hydrogens (tertiary/aromatic N) is 2. The van der Waals surface area contributed by atoms with Crippen molar-refractivity contribution in [1.29, 1.82) is 5.26 Å². The standard InChI is InChI=1S/C21H19N3O4S/c1-27-15-8-6-13(7-9-15)10-18-20(26)24(14-4-3-5-16(11-14)28-2)21(29-18)17(12-22)19(23)25/h3-9,11,18H,10H2,1-2H3,(H2,23,25)/b21-17-/t18-/m0/s1. The van der Waals surface area contributed by atoms with Gasteiger partial charge in [0.05, 0.1) is 25.2 Å². The van der Waals surface area contributed by atoms with Gasteiger partial charge in [0, 0.05) is 6.07 Å². The van der Waals surface area contributed by atoms with Crippen LogP contribution in [-0.4, -0.2) is 31.3 Å². The predicted octanol–water partition coefficient (Wildman–Crippen LogP) is 2.62. The van der Waals surface area contributed by atoms with Crippen molar-refractivity contribution in [3.8, 4) is 17.6 Å². The molecule has 8 heteroatoms. The number of hydrogen-bond donors (Lipinski definition) is 1. The first-order valence-corrected chi connectivity index (χ1v) is 9.58. The van der Waals surface area contributed by atoms with Gasteiger partial charge in [0.25, 0.3) is 5.91 Å². The minimum absolute atomic E-state index is 0.233. The summed E-state index contributed by atoms with van der Waals surface area (Å²) in [4.78, 5) is 26.4. The maximum Gasteiger partial charge on any atom is 0.262 e. The van der Waals surface area contributed by atoms with Crippen molar-refractivity contribution in [2.24, 2.45) is 5.73 Å². The number of nitrogens with two attached hydrogens (primary N) is 1. The van der Waals surface area contributed by atoms with Crippen molar-refractivity contribution < 1.29 is 19.1 Å². The monoisotopic (exact) mass is 409 g/mol. The smallest absolute Gasteiger partial charge is 0.262 e.